The van der Waals surface area contributed by atoms with E-state index in [0.717, 1.165) is 6.07 Å². The summed E-state index contributed by atoms with van der Waals surface area (Å²) in [6, 6.07) is 3.89. The summed E-state index contributed by atoms with van der Waals surface area (Å²) in [5, 5.41) is 2.60. The van der Waals surface area contributed by atoms with Gasteiger partial charge in [0.25, 0.3) is 0 Å². The minimum Gasteiger partial charge on any atom is -0.368 e. The van der Waals surface area contributed by atoms with Gasteiger partial charge >= 0.3 is 0 Å². The summed E-state index contributed by atoms with van der Waals surface area (Å²) in [6.07, 6.45) is 0. The lowest BCUT2D eigenvalue weighted by molar-refractivity contribution is 0.500. The molecule has 0 atom stereocenters. The molecular formula is C10H8ClF2N5. The maximum absolute atomic E-state index is 13.3. The van der Waals surface area contributed by atoms with Crippen LogP contribution in [0.1, 0.15) is 5.56 Å². The Bertz CT molecular complexity index is 558. The molecule has 1 aromatic carbocycles. The third kappa shape index (κ3) is 2.80. The van der Waals surface area contributed by atoms with E-state index in [2.05, 4.69) is 20.3 Å². The summed E-state index contributed by atoms with van der Waals surface area (Å²) in [5.41, 5.74) is 5.51. The third-order valence-electron chi connectivity index (χ3n) is 2.09. The Morgan fingerprint density at radius 1 is 1.22 bits per heavy atom. The molecule has 0 aliphatic heterocycles. The summed E-state index contributed by atoms with van der Waals surface area (Å²) in [6.45, 7) is 0.00335. The molecular weight excluding hydrogens is 264 g/mol. The molecule has 8 heteroatoms. The zero-order valence-corrected chi connectivity index (χ0v) is 9.75. The van der Waals surface area contributed by atoms with Crippen LogP contribution in [-0.2, 0) is 6.54 Å². The number of aromatic nitrogens is 3. The Labute approximate surface area is 106 Å². The minimum atomic E-state index is -0.918. The van der Waals surface area contributed by atoms with Gasteiger partial charge in [-0.15, -0.1) is 0 Å². The van der Waals surface area contributed by atoms with E-state index < -0.39 is 11.6 Å². The summed E-state index contributed by atoms with van der Waals surface area (Å²) in [7, 11) is 0. The Morgan fingerprint density at radius 3 is 2.72 bits per heavy atom. The minimum absolute atomic E-state index is 0.00335. The molecule has 0 saturated carbocycles. The summed E-state index contributed by atoms with van der Waals surface area (Å²) in [5.74, 6) is -1.80. The van der Waals surface area contributed by atoms with Crippen LogP contribution in [0, 0.1) is 11.6 Å². The molecule has 0 amide bonds. The number of rotatable bonds is 3. The average Bonchev–Trinajstić information content (AvgIpc) is 2.30. The van der Waals surface area contributed by atoms with E-state index in [1.807, 2.05) is 0 Å². The second kappa shape index (κ2) is 5.09. The fourth-order valence-corrected chi connectivity index (χ4v) is 1.47. The lowest BCUT2D eigenvalue weighted by Gasteiger charge is -2.06. The van der Waals surface area contributed by atoms with Crippen molar-refractivity contribution in [2.24, 2.45) is 0 Å². The molecule has 0 aliphatic carbocycles. The molecule has 0 radical (unpaired) electrons. The molecule has 0 bridgehead atoms. The Kier molecular flexibility index (Phi) is 3.52. The molecule has 94 valence electrons. The highest BCUT2D eigenvalue weighted by Gasteiger charge is 2.08. The quantitative estimate of drug-likeness (QED) is 0.893. The van der Waals surface area contributed by atoms with E-state index in [0.29, 0.717) is 0 Å². The number of nitrogens with one attached hydrogen (secondary N) is 1. The van der Waals surface area contributed by atoms with Gasteiger partial charge in [0.1, 0.15) is 0 Å². The van der Waals surface area contributed by atoms with Crippen LogP contribution in [0.15, 0.2) is 18.2 Å². The molecule has 1 aromatic heterocycles. The number of benzene rings is 1. The lowest BCUT2D eigenvalue weighted by atomic mass is 10.2. The zero-order chi connectivity index (χ0) is 13.1. The molecule has 0 aliphatic rings. The molecule has 0 fully saturated rings. The molecule has 0 saturated heterocycles. The van der Waals surface area contributed by atoms with Crippen LogP contribution in [0.25, 0.3) is 0 Å². The summed E-state index contributed by atoms with van der Waals surface area (Å²) in [4.78, 5) is 11.0. The first kappa shape index (κ1) is 12.4. The molecule has 1 heterocycles. The van der Waals surface area contributed by atoms with Crippen molar-refractivity contribution >= 4 is 23.5 Å². The van der Waals surface area contributed by atoms with Crippen molar-refractivity contribution in [3.8, 4) is 0 Å². The van der Waals surface area contributed by atoms with Gasteiger partial charge in [-0.3, -0.25) is 0 Å². The lowest BCUT2D eigenvalue weighted by Crippen LogP contribution is -2.08. The molecule has 2 rings (SSSR count). The topological polar surface area (TPSA) is 76.7 Å². The predicted molar refractivity (Wildman–Crippen MR) is 62.9 cm³/mol. The first-order chi connectivity index (χ1) is 8.56. The van der Waals surface area contributed by atoms with Crippen molar-refractivity contribution in [3.05, 3.63) is 40.7 Å². The van der Waals surface area contributed by atoms with E-state index in [9.17, 15) is 8.78 Å². The molecule has 5 nitrogen and oxygen atoms in total. The third-order valence-corrected chi connectivity index (χ3v) is 2.26. The van der Waals surface area contributed by atoms with Crippen LogP contribution in [0.3, 0.4) is 0 Å². The van der Waals surface area contributed by atoms with Gasteiger partial charge in [-0.25, -0.2) is 8.78 Å². The van der Waals surface area contributed by atoms with Gasteiger partial charge in [-0.05, 0) is 17.7 Å². The van der Waals surface area contributed by atoms with Crippen LogP contribution in [-0.4, -0.2) is 15.0 Å². The van der Waals surface area contributed by atoms with Crippen LogP contribution in [0.5, 0.6) is 0 Å². The van der Waals surface area contributed by atoms with Crippen molar-refractivity contribution in [1.82, 2.24) is 15.0 Å². The van der Waals surface area contributed by atoms with Crippen LogP contribution >= 0.6 is 11.6 Å². The fourth-order valence-electron chi connectivity index (χ4n) is 1.30. The Hall–Kier alpha value is -2.02. The number of nitrogens with zero attached hydrogens (tertiary/aromatic N) is 3. The van der Waals surface area contributed by atoms with Crippen molar-refractivity contribution in [2.45, 2.75) is 6.54 Å². The maximum atomic E-state index is 13.3. The summed E-state index contributed by atoms with van der Waals surface area (Å²) >= 11 is 5.57. The highest BCUT2D eigenvalue weighted by atomic mass is 35.5. The van der Waals surface area contributed by atoms with Crippen molar-refractivity contribution in [3.63, 3.8) is 0 Å². The van der Waals surface area contributed by atoms with E-state index in [1.54, 1.807) is 0 Å². The maximum Gasteiger partial charge on any atom is 0.229 e. The normalized spacial score (nSPS) is 10.4. The Balaban J connectivity index is 2.14. The standard InChI is InChI=1S/C10H8ClF2N5/c11-8-16-9(14)18-10(17-8)15-4-5-2-1-3-6(12)7(5)13/h1-3H,4H2,(H3,14,15,16,17,18). The molecule has 2 aromatic rings. The fraction of sp³-hybridized carbons (Fsp3) is 0.100. The second-order valence-electron chi connectivity index (χ2n) is 3.35. The first-order valence-corrected chi connectivity index (χ1v) is 5.28. The largest absolute Gasteiger partial charge is 0.368 e. The predicted octanol–water partition coefficient (Wildman–Crippen LogP) is 2.00. The number of hydrogen-bond acceptors (Lipinski definition) is 5. The van der Waals surface area contributed by atoms with Gasteiger partial charge in [0.05, 0.1) is 0 Å². The smallest absolute Gasteiger partial charge is 0.229 e. The van der Waals surface area contributed by atoms with E-state index in [-0.39, 0.29) is 29.3 Å². The van der Waals surface area contributed by atoms with E-state index in [1.165, 1.54) is 12.1 Å². The van der Waals surface area contributed by atoms with Crippen LogP contribution < -0.4 is 11.1 Å². The van der Waals surface area contributed by atoms with Crippen LogP contribution in [0.4, 0.5) is 20.7 Å². The molecule has 0 spiro atoms. The molecule has 0 unspecified atom stereocenters. The van der Waals surface area contributed by atoms with Crippen molar-refractivity contribution < 1.29 is 8.78 Å². The number of nitrogens with two attached hydrogens (primary N) is 1. The molecule has 18 heavy (non-hydrogen) atoms. The van der Waals surface area contributed by atoms with Crippen molar-refractivity contribution in [2.75, 3.05) is 11.1 Å². The number of nitrogen functional groups attached to an aromatic ring is 1. The van der Waals surface area contributed by atoms with Crippen LogP contribution in [0.2, 0.25) is 5.28 Å². The first-order valence-electron chi connectivity index (χ1n) is 4.90. The monoisotopic (exact) mass is 271 g/mol. The number of anilines is 2. The van der Waals surface area contributed by atoms with Gasteiger partial charge in [-0.2, -0.15) is 15.0 Å². The Morgan fingerprint density at radius 2 is 2.00 bits per heavy atom. The molecule has 3 N–H and O–H groups in total. The summed E-state index contributed by atoms with van der Waals surface area (Å²) < 4.78 is 26.3. The highest BCUT2D eigenvalue weighted by molar-refractivity contribution is 6.28. The average molecular weight is 272 g/mol. The zero-order valence-electron chi connectivity index (χ0n) is 8.99. The second-order valence-corrected chi connectivity index (χ2v) is 3.69. The van der Waals surface area contributed by atoms with E-state index in [4.69, 9.17) is 17.3 Å². The van der Waals surface area contributed by atoms with Gasteiger partial charge in [-0.1, -0.05) is 12.1 Å². The van der Waals surface area contributed by atoms with Gasteiger partial charge < -0.3 is 11.1 Å². The SMILES string of the molecule is Nc1nc(Cl)nc(NCc2cccc(F)c2F)n1. The number of hydrogen-bond donors (Lipinski definition) is 2. The van der Waals surface area contributed by atoms with Gasteiger partial charge in [0.15, 0.2) is 11.6 Å². The van der Waals surface area contributed by atoms with Gasteiger partial charge in [0, 0.05) is 12.1 Å². The number of halogens is 3. The van der Waals surface area contributed by atoms with Gasteiger partial charge in [0.2, 0.25) is 17.2 Å². The van der Waals surface area contributed by atoms with Crippen molar-refractivity contribution in [1.29, 1.82) is 0 Å². The highest BCUT2D eigenvalue weighted by Crippen LogP contribution is 2.13. The van der Waals surface area contributed by atoms with E-state index >= 15 is 0 Å².